The van der Waals surface area contributed by atoms with E-state index in [2.05, 4.69) is 38.2 Å². The number of hydrogen-bond donors (Lipinski definition) is 7. The molecule has 0 amide bonds. The minimum atomic E-state index is -1.77. The molecule has 0 aromatic rings. The Balaban J connectivity index is 1.85. The Labute approximate surface area is 381 Å². The predicted octanol–water partition coefficient (Wildman–Crippen LogP) is 5.70. The van der Waals surface area contributed by atoms with Crippen molar-refractivity contribution >= 4 is 11.9 Å². The van der Waals surface area contributed by atoms with Crippen molar-refractivity contribution < 1.29 is 73.8 Å². The van der Waals surface area contributed by atoms with Gasteiger partial charge in [-0.2, -0.15) is 0 Å². The van der Waals surface area contributed by atoms with Gasteiger partial charge in [-0.15, -0.1) is 0 Å². The van der Waals surface area contributed by atoms with E-state index in [1.54, 1.807) is 0 Å². The number of aliphatic hydroxyl groups excluding tert-OH is 7. The molecule has 368 valence electrons. The topological polar surface area (TPSA) is 231 Å². The molecule has 11 atom stereocenters. The summed E-state index contributed by atoms with van der Waals surface area (Å²) in [6.45, 7) is 2.37. The van der Waals surface area contributed by atoms with Gasteiger partial charge in [0.2, 0.25) is 0 Å². The summed E-state index contributed by atoms with van der Waals surface area (Å²) in [4.78, 5) is 25.7. The third kappa shape index (κ3) is 24.6. The fourth-order valence-electron chi connectivity index (χ4n) is 7.10. The number of aliphatic hydroxyl groups is 7. The predicted molar refractivity (Wildman–Crippen MR) is 243 cm³/mol. The van der Waals surface area contributed by atoms with Crippen molar-refractivity contribution in [2.24, 2.45) is 0 Å². The summed E-state index contributed by atoms with van der Waals surface area (Å²) in [5, 5.41) is 71.9. The van der Waals surface area contributed by atoms with Gasteiger partial charge in [0.1, 0.15) is 55.4 Å². The molecular weight excluding hydrogens is 829 g/mol. The molecule has 64 heavy (non-hydrogen) atoms. The number of unbranched alkanes of at least 4 members (excludes halogenated alkanes) is 14. The van der Waals surface area contributed by atoms with Gasteiger partial charge in [0.15, 0.2) is 18.7 Å². The van der Waals surface area contributed by atoms with Gasteiger partial charge in [-0.25, -0.2) is 0 Å². The molecule has 0 aromatic heterocycles. The van der Waals surface area contributed by atoms with E-state index in [1.807, 2.05) is 36.5 Å². The highest BCUT2D eigenvalue weighted by atomic mass is 16.7. The van der Waals surface area contributed by atoms with Crippen LogP contribution < -0.4 is 0 Å². The molecule has 0 bridgehead atoms. The number of esters is 2. The summed E-state index contributed by atoms with van der Waals surface area (Å²) in [6.07, 6.45) is 22.5. The zero-order valence-corrected chi connectivity index (χ0v) is 38.5. The van der Waals surface area contributed by atoms with E-state index in [0.29, 0.717) is 12.8 Å². The number of carbonyl (C=O) groups excluding carboxylic acids is 2. The maximum Gasteiger partial charge on any atom is 0.306 e. The minimum absolute atomic E-state index is 0.147. The molecule has 0 aliphatic carbocycles. The third-order valence-corrected chi connectivity index (χ3v) is 11.1. The molecule has 0 radical (unpaired) electrons. The molecule has 4 unspecified atom stereocenters. The van der Waals surface area contributed by atoms with Gasteiger partial charge in [0.05, 0.1) is 19.8 Å². The zero-order chi connectivity index (χ0) is 46.8. The summed E-state index contributed by atoms with van der Waals surface area (Å²) in [7, 11) is 0. The van der Waals surface area contributed by atoms with Gasteiger partial charge >= 0.3 is 11.9 Å². The van der Waals surface area contributed by atoms with Crippen LogP contribution in [0.5, 0.6) is 0 Å². The molecule has 0 saturated carbocycles. The van der Waals surface area contributed by atoms with Crippen LogP contribution in [-0.4, -0.2) is 142 Å². The second-order valence-electron chi connectivity index (χ2n) is 16.6. The minimum Gasteiger partial charge on any atom is -0.462 e. The van der Waals surface area contributed by atoms with Crippen molar-refractivity contribution in [1.29, 1.82) is 0 Å². The first-order valence-electron chi connectivity index (χ1n) is 23.9. The molecule has 15 heteroatoms. The highest BCUT2D eigenvalue weighted by molar-refractivity contribution is 5.70. The highest BCUT2D eigenvalue weighted by Gasteiger charge is 2.47. The molecule has 2 saturated heterocycles. The lowest BCUT2D eigenvalue weighted by atomic mass is 9.98. The molecule has 2 fully saturated rings. The monoisotopic (exact) mass is 911 g/mol. The van der Waals surface area contributed by atoms with Crippen molar-refractivity contribution in [3.8, 4) is 0 Å². The van der Waals surface area contributed by atoms with Crippen LogP contribution in [0.1, 0.15) is 142 Å². The molecular formula is C49H82O15. The summed E-state index contributed by atoms with van der Waals surface area (Å²) < 4.78 is 33.5. The Bertz CT molecular complexity index is 1350. The van der Waals surface area contributed by atoms with Crippen molar-refractivity contribution in [2.45, 2.75) is 210 Å². The number of rotatable bonds is 35. The average molecular weight is 911 g/mol. The van der Waals surface area contributed by atoms with E-state index in [-0.39, 0.29) is 19.4 Å². The molecule has 2 aliphatic rings. The average Bonchev–Trinajstić information content (AvgIpc) is 3.29. The second kappa shape index (κ2) is 36.3. The highest BCUT2D eigenvalue weighted by Crippen LogP contribution is 2.26. The fourth-order valence-corrected chi connectivity index (χ4v) is 7.10. The van der Waals surface area contributed by atoms with Crippen LogP contribution in [0.3, 0.4) is 0 Å². The van der Waals surface area contributed by atoms with Crippen LogP contribution in [0.2, 0.25) is 0 Å². The Morgan fingerprint density at radius 1 is 0.516 bits per heavy atom. The summed E-state index contributed by atoms with van der Waals surface area (Å²) in [6, 6.07) is 0. The van der Waals surface area contributed by atoms with Crippen LogP contribution in [0.25, 0.3) is 0 Å². The molecule has 2 rings (SSSR count). The molecule has 2 heterocycles. The van der Waals surface area contributed by atoms with Crippen LogP contribution >= 0.6 is 0 Å². The lowest BCUT2D eigenvalue weighted by molar-refractivity contribution is -0.332. The van der Waals surface area contributed by atoms with Gasteiger partial charge in [-0.3, -0.25) is 9.59 Å². The normalized spacial score (nSPS) is 27.1. The van der Waals surface area contributed by atoms with E-state index >= 15 is 0 Å². The number of hydrogen-bond acceptors (Lipinski definition) is 15. The first-order chi connectivity index (χ1) is 31.0. The Morgan fingerprint density at radius 3 is 1.59 bits per heavy atom. The molecule has 2 aliphatic heterocycles. The van der Waals surface area contributed by atoms with E-state index in [1.165, 1.54) is 25.7 Å². The van der Waals surface area contributed by atoms with Crippen LogP contribution in [0, 0.1) is 0 Å². The Kier molecular flexibility index (Phi) is 32.5. The number of carbonyl (C=O) groups is 2. The van der Waals surface area contributed by atoms with Gasteiger partial charge < -0.3 is 64.2 Å². The van der Waals surface area contributed by atoms with Crippen LogP contribution in [0.15, 0.2) is 60.8 Å². The van der Waals surface area contributed by atoms with Gasteiger partial charge in [0, 0.05) is 12.8 Å². The smallest absolute Gasteiger partial charge is 0.306 e. The number of allylic oxidation sites excluding steroid dienone is 10. The molecule has 0 spiro atoms. The maximum absolute atomic E-state index is 12.9. The summed E-state index contributed by atoms with van der Waals surface area (Å²) >= 11 is 0. The molecule has 0 aromatic carbocycles. The first kappa shape index (κ1) is 57.3. The quantitative estimate of drug-likeness (QED) is 0.0175. The Morgan fingerprint density at radius 2 is 1.00 bits per heavy atom. The third-order valence-electron chi connectivity index (χ3n) is 11.1. The van der Waals surface area contributed by atoms with Crippen molar-refractivity contribution in [3.63, 3.8) is 0 Å². The van der Waals surface area contributed by atoms with Crippen LogP contribution in [-0.2, 0) is 38.0 Å². The van der Waals surface area contributed by atoms with Crippen molar-refractivity contribution in [3.05, 3.63) is 60.8 Å². The molecule has 7 N–H and O–H groups in total. The second-order valence-corrected chi connectivity index (χ2v) is 16.6. The maximum atomic E-state index is 12.9. The molecule has 15 nitrogen and oxygen atoms in total. The largest absolute Gasteiger partial charge is 0.462 e. The van der Waals surface area contributed by atoms with Gasteiger partial charge in [0.25, 0.3) is 0 Å². The van der Waals surface area contributed by atoms with Crippen molar-refractivity contribution in [1.82, 2.24) is 0 Å². The van der Waals surface area contributed by atoms with E-state index in [0.717, 1.165) is 77.0 Å². The summed E-state index contributed by atoms with van der Waals surface area (Å²) in [5.41, 5.74) is 0. The van der Waals surface area contributed by atoms with Crippen LogP contribution in [0.4, 0.5) is 0 Å². The first-order valence-corrected chi connectivity index (χ1v) is 23.9. The number of ether oxygens (including phenoxy) is 6. The van der Waals surface area contributed by atoms with E-state index in [4.69, 9.17) is 28.4 Å². The Hall–Kier alpha value is -2.80. The zero-order valence-electron chi connectivity index (χ0n) is 38.5. The van der Waals surface area contributed by atoms with Crippen molar-refractivity contribution in [2.75, 3.05) is 26.4 Å². The van der Waals surface area contributed by atoms with E-state index in [9.17, 15) is 45.3 Å². The SMILES string of the molecule is CC/C=C/C=C/C=C/C=C/CCCCCCCC(=O)OC[C@H](CO[C@@H]1O[C@H](CO[C@@H]2O[C@H](CO)[C@H](O)C(O)C2O)[C@H](O)C(O)C1O)OC(=O)CCCCCCC/C=C/CCCCCC. The fraction of sp³-hybridized carbons (Fsp3) is 0.755. The summed E-state index contributed by atoms with van der Waals surface area (Å²) in [5.74, 6) is -0.969. The lowest BCUT2D eigenvalue weighted by Crippen LogP contribution is -2.61. The van der Waals surface area contributed by atoms with Gasteiger partial charge in [-0.05, 0) is 57.8 Å². The standard InChI is InChI=1S/C49H82O15/c1-3-5-7-9-11-13-15-17-18-20-21-23-25-27-29-31-40(51)59-34-37(62-41(52)32-30-28-26-24-22-19-16-14-12-10-8-6-4-2)35-60-48-47(58)45(56)43(54)39(64-48)36-61-49-46(57)44(55)42(53)38(33-50)63-49/h5,7,9,11,13-18,37-39,42-50,53-58H,3-4,6,8,10,12,19-36H2,1-2H3/b7-5+,11-9+,15-13+,16-14+,18-17+/t37-,38-,39-,42+,43+,44?,45?,46?,47?,48-,49-/m1/s1. The van der Waals surface area contributed by atoms with Gasteiger partial charge in [-0.1, -0.05) is 132 Å². The lowest BCUT2D eigenvalue weighted by Gasteiger charge is -2.42. The van der Waals surface area contributed by atoms with E-state index < -0.39 is 99.3 Å².